The van der Waals surface area contributed by atoms with Gasteiger partial charge < -0.3 is 9.64 Å². The molecule has 0 N–H and O–H groups in total. The second-order valence-corrected chi connectivity index (χ2v) is 6.15. The molecule has 0 atom stereocenters. The molecule has 0 saturated carbocycles. The van der Waals surface area contributed by atoms with Crippen LogP contribution in [0.3, 0.4) is 0 Å². The quantitative estimate of drug-likeness (QED) is 0.354. The number of rotatable bonds is 4. The average molecular weight is 372 g/mol. The zero-order valence-corrected chi connectivity index (χ0v) is 14.7. The molecule has 0 radical (unpaired) electrons. The fourth-order valence-electron chi connectivity index (χ4n) is 2.34. The van der Waals surface area contributed by atoms with Gasteiger partial charge in [0, 0.05) is 31.4 Å². The van der Waals surface area contributed by atoms with E-state index in [-0.39, 0.29) is 22.3 Å². The Hall–Kier alpha value is -3.19. The summed E-state index contributed by atoms with van der Waals surface area (Å²) in [6.07, 6.45) is 1.60. The number of esters is 1. The first-order valence-electron chi connectivity index (χ1n) is 7.59. The van der Waals surface area contributed by atoms with E-state index in [0.29, 0.717) is 5.56 Å². The van der Waals surface area contributed by atoms with E-state index in [2.05, 4.69) is 4.99 Å². The number of carbonyl (C=O) groups is 1. The van der Waals surface area contributed by atoms with E-state index >= 15 is 0 Å². The monoisotopic (exact) mass is 371 g/mol. The van der Waals surface area contributed by atoms with Gasteiger partial charge in [0.15, 0.2) is 5.70 Å². The molecule has 0 fully saturated rings. The molecule has 0 aromatic heterocycles. The molecule has 0 unspecified atom stereocenters. The van der Waals surface area contributed by atoms with Gasteiger partial charge in [-0.05, 0) is 35.9 Å². The minimum atomic E-state index is -0.616. The van der Waals surface area contributed by atoms with Crippen molar-refractivity contribution in [1.82, 2.24) is 0 Å². The van der Waals surface area contributed by atoms with Crippen LogP contribution in [0.15, 0.2) is 53.2 Å². The molecule has 1 aliphatic rings. The number of benzene rings is 2. The Morgan fingerprint density at radius 3 is 2.50 bits per heavy atom. The normalized spacial score (nSPS) is 15.0. The maximum atomic E-state index is 12.1. The zero-order valence-electron chi connectivity index (χ0n) is 14.0. The Morgan fingerprint density at radius 2 is 1.88 bits per heavy atom. The Morgan fingerprint density at radius 1 is 1.19 bits per heavy atom. The average Bonchev–Trinajstić information content (AvgIpc) is 2.96. The minimum Gasteiger partial charge on any atom is -0.402 e. The highest BCUT2D eigenvalue weighted by Crippen LogP contribution is 2.27. The van der Waals surface area contributed by atoms with Crippen molar-refractivity contribution in [2.75, 3.05) is 19.0 Å². The SMILES string of the molecule is CN(C)c1ccc(/C=C2\N=C(c3ccc(Cl)c([N+](=O)[O-])c3)OC2=O)cc1. The third-order valence-electron chi connectivity index (χ3n) is 3.72. The van der Waals surface area contributed by atoms with Crippen LogP contribution in [0.1, 0.15) is 11.1 Å². The summed E-state index contributed by atoms with van der Waals surface area (Å²) < 4.78 is 5.14. The molecule has 2 aromatic carbocycles. The lowest BCUT2D eigenvalue weighted by Gasteiger charge is -2.11. The zero-order chi connectivity index (χ0) is 18.8. The van der Waals surface area contributed by atoms with E-state index in [4.69, 9.17) is 16.3 Å². The van der Waals surface area contributed by atoms with Crippen molar-refractivity contribution in [2.24, 2.45) is 4.99 Å². The molecule has 3 rings (SSSR count). The molecule has 0 amide bonds. The number of halogens is 1. The van der Waals surface area contributed by atoms with Gasteiger partial charge in [-0.1, -0.05) is 23.7 Å². The van der Waals surface area contributed by atoms with Gasteiger partial charge in [-0.25, -0.2) is 9.79 Å². The van der Waals surface area contributed by atoms with E-state index in [1.54, 1.807) is 6.08 Å². The van der Waals surface area contributed by atoms with Crippen LogP contribution in [0.5, 0.6) is 0 Å². The van der Waals surface area contributed by atoms with Gasteiger partial charge in [-0.2, -0.15) is 0 Å². The second-order valence-electron chi connectivity index (χ2n) is 5.75. The first-order chi connectivity index (χ1) is 12.3. The van der Waals surface area contributed by atoms with Crippen molar-refractivity contribution in [2.45, 2.75) is 0 Å². The van der Waals surface area contributed by atoms with Gasteiger partial charge in [-0.3, -0.25) is 10.1 Å². The number of nitro benzene ring substituents is 1. The fourth-order valence-corrected chi connectivity index (χ4v) is 2.53. The largest absolute Gasteiger partial charge is 0.402 e. The highest BCUT2D eigenvalue weighted by molar-refractivity contribution is 6.32. The van der Waals surface area contributed by atoms with Gasteiger partial charge >= 0.3 is 5.97 Å². The summed E-state index contributed by atoms with van der Waals surface area (Å²) in [5.74, 6) is -0.611. The lowest BCUT2D eigenvalue weighted by molar-refractivity contribution is -0.384. The molecule has 26 heavy (non-hydrogen) atoms. The highest BCUT2D eigenvalue weighted by atomic mass is 35.5. The molecule has 1 aliphatic heterocycles. The summed E-state index contributed by atoms with van der Waals surface area (Å²) in [7, 11) is 3.87. The minimum absolute atomic E-state index is 0.000390. The first kappa shape index (κ1) is 17.6. The van der Waals surface area contributed by atoms with Crippen LogP contribution in [-0.4, -0.2) is 30.9 Å². The summed E-state index contributed by atoms with van der Waals surface area (Å²) in [5, 5.41) is 11.0. The number of hydrogen-bond donors (Lipinski definition) is 0. The van der Waals surface area contributed by atoms with E-state index in [1.165, 1.54) is 18.2 Å². The molecule has 0 saturated heterocycles. The fraction of sp³-hybridized carbons (Fsp3) is 0.111. The molecular weight excluding hydrogens is 358 g/mol. The van der Waals surface area contributed by atoms with Crippen LogP contribution in [0.4, 0.5) is 11.4 Å². The second kappa shape index (κ2) is 6.97. The molecule has 0 bridgehead atoms. The van der Waals surface area contributed by atoms with E-state index < -0.39 is 10.9 Å². The van der Waals surface area contributed by atoms with Crippen molar-refractivity contribution >= 4 is 40.9 Å². The molecule has 132 valence electrons. The predicted molar refractivity (Wildman–Crippen MR) is 99.5 cm³/mol. The number of hydrogen-bond acceptors (Lipinski definition) is 6. The Balaban J connectivity index is 1.91. The summed E-state index contributed by atoms with van der Waals surface area (Å²) in [6.45, 7) is 0. The van der Waals surface area contributed by atoms with Crippen LogP contribution >= 0.6 is 11.6 Å². The predicted octanol–water partition coefficient (Wildman–Crippen LogP) is 3.66. The number of ether oxygens (including phenoxy) is 1. The van der Waals surface area contributed by atoms with E-state index in [9.17, 15) is 14.9 Å². The van der Waals surface area contributed by atoms with Crippen LogP contribution in [0.2, 0.25) is 5.02 Å². The third kappa shape index (κ3) is 3.57. The molecular formula is C18H14ClN3O4. The molecule has 0 spiro atoms. The maximum absolute atomic E-state index is 12.1. The van der Waals surface area contributed by atoms with Crippen LogP contribution in [-0.2, 0) is 9.53 Å². The molecule has 2 aromatic rings. The number of cyclic esters (lactones) is 1. The molecule has 0 aliphatic carbocycles. The Bertz CT molecular complexity index is 949. The smallest absolute Gasteiger partial charge is 0.363 e. The number of nitro groups is 1. The lowest BCUT2D eigenvalue weighted by Crippen LogP contribution is -2.08. The molecule has 8 heteroatoms. The van der Waals surface area contributed by atoms with E-state index in [0.717, 1.165) is 11.3 Å². The van der Waals surface area contributed by atoms with Gasteiger partial charge in [0.1, 0.15) is 5.02 Å². The summed E-state index contributed by atoms with van der Waals surface area (Å²) in [6, 6.07) is 11.7. The van der Waals surface area contributed by atoms with Gasteiger partial charge in [0.2, 0.25) is 5.90 Å². The Labute approximate surface area is 154 Å². The number of aliphatic imine (C=N–C) groups is 1. The maximum Gasteiger partial charge on any atom is 0.363 e. The molecule has 7 nitrogen and oxygen atoms in total. The number of nitrogens with zero attached hydrogens (tertiary/aromatic N) is 3. The van der Waals surface area contributed by atoms with Crippen molar-refractivity contribution in [3.8, 4) is 0 Å². The van der Waals surface area contributed by atoms with Crippen molar-refractivity contribution < 1.29 is 14.5 Å². The molecule has 1 heterocycles. The van der Waals surface area contributed by atoms with Crippen molar-refractivity contribution in [3.05, 3.63) is 74.4 Å². The van der Waals surface area contributed by atoms with Crippen molar-refractivity contribution in [1.29, 1.82) is 0 Å². The van der Waals surface area contributed by atoms with Crippen LogP contribution in [0.25, 0.3) is 6.08 Å². The number of carbonyl (C=O) groups excluding carboxylic acids is 1. The van der Waals surface area contributed by atoms with E-state index in [1.807, 2.05) is 43.3 Å². The summed E-state index contributed by atoms with van der Waals surface area (Å²) in [5.41, 5.74) is 1.96. The Kier molecular flexibility index (Phi) is 4.73. The third-order valence-corrected chi connectivity index (χ3v) is 4.04. The van der Waals surface area contributed by atoms with Crippen LogP contribution < -0.4 is 4.90 Å². The topological polar surface area (TPSA) is 85.0 Å². The van der Waals surface area contributed by atoms with Crippen LogP contribution in [0, 0.1) is 10.1 Å². The van der Waals surface area contributed by atoms with Crippen molar-refractivity contribution in [3.63, 3.8) is 0 Å². The van der Waals surface area contributed by atoms with Gasteiger partial charge in [0.05, 0.1) is 4.92 Å². The standard InChI is InChI=1S/C18H14ClN3O4/c1-21(2)13-6-3-11(4-7-13)9-15-18(23)26-17(20-15)12-5-8-14(19)16(10-12)22(24)25/h3-10H,1-2H3/b15-9-. The van der Waals surface area contributed by atoms with Gasteiger partial charge in [-0.15, -0.1) is 0 Å². The highest BCUT2D eigenvalue weighted by Gasteiger charge is 2.26. The van der Waals surface area contributed by atoms with Gasteiger partial charge in [0.25, 0.3) is 5.69 Å². The number of anilines is 1. The first-order valence-corrected chi connectivity index (χ1v) is 7.97. The summed E-state index contributed by atoms with van der Waals surface area (Å²) >= 11 is 5.79. The summed E-state index contributed by atoms with van der Waals surface area (Å²) in [4.78, 5) is 28.6. The lowest BCUT2D eigenvalue weighted by atomic mass is 10.1.